The predicted molar refractivity (Wildman–Crippen MR) is 60.4 cm³/mol. The Labute approximate surface area is 94.1 Å². The van der Waals surface area contributed by atoms with E-state index in [-0.39, 0.29) is 22.6 Å². The number of hydrogen-bond donors (Lipinski definition) is 1. The van der Waals surface area contributed by atoms with E-state index in [1.54, 1.807) is 12.1 Å². The minimum Gasteiger partial charge on any atom is -0.395 e. The van der Waals surface area contributed by atoms with Gasteiger partial charge in [-0.15, -0.1) is 0 Å². The molecule has 0 spiro atoms. The van der Waals surface area contributed by atoms with Crippen molar-refractivity contribution in [3.05, 3.63) is 39.4 Å². The number of rotatable bonds is 3. The Morgan fingerprint density at radius 2 is 2.19 bits per heavy atom. The van der Waals surface area contributed by atoms with Crippen LogP contribution in [0, 0.1) is 17.0 Å². The van der Waals surface area contributed by atoms with Crippen molar-refractivity contribution in [1.29, 1.82) is 0 Å². The van der Waals surface area contributed by atoms with Crippen molar-refractivity contribution in [2.45, 2.75) is 31.6 Å². The van der Waals surface area contributed by atoms with Gasteiger partial charge in [0.05, 0.1) is 11.5 Å². The highest BCUT2D eigenvalue weighted by molar-refractivity contribution is 5.48. The number of nitrogens with zero attached hydrogens (tertiary/aromatic N) is 1. The molecule has 16 heavy (non-hydrogen) atoms. The fraction of sp³-hybridized carbons (Fsp3) is 0.500. The highest BCUT2D eigenvalue weighted by atomic mass is 16.6. The second-order valence-electron chi connectivity index (χ2n) is 4.57. The van der Waals surface area contributed by atoms with Crippen LogP contribution in [0.25, 0.3) is 0 Å². The summed E-state index contributed by atoms with van der Waals surface area (Å²) < 4.78 is 0. The van der Waals surface area contributed by atoms with Crippen LogP contribution in [0.2, 0.25) is 0 Å². The summed E-state index contributed by atoms with van der Waals surface area (Å²) in [5.74, 6) is 0. The SMILES string of the molecule is Cc1ccc([N+](=O)[O-])c(C2(CO)CCC2)c1. The van der Waals surface area contributed by atoms with Gasteiger partial charge in [-0.05, 0) is 25.8 Å². The lowest BCUT2D eigenvalue weighted by Gasteiger charge is -2.40. The zero-order chi connectivity index (χ0) is 11.8. The highest BCUT2D eigenvalue weighted by Gasteiger charge is 2.42. The quantitative estimate of drug-likeness (QED) is 0.629. The van der Waals surface area contributed by atoms with Crippen LogP contribution in [0.1, 0.15) is 30.4 Å². The number of aliphatic hydroxyl groups excluding tert-OH is 1. The van der Waals surface area contributed by atoms with Gasteiger partial charge in [0.1, 0.15) is 0 Å². The number of benzene rings is 1. The lowest BCUT2D eigenvalue weighted by Crippen LogP contribution is -2.38. The Balaban J connectivity index is 2.53. The van der Waals surface area contributed by atoms with Gasteiger partial charge in [0.25, 0.3) is 5.69 Å². The first-order valence-corrected chi connectivity index (χ1v) is 5.45. The molecule has 0 aliphatic heterocycles. The molecular formula is C12H15NO3. The van der Waals surface area contributed by atoms with Crippen molar-refractivity contribution >= 4 is 5.69 Å². The smallest absolute Gasteiger partial charge is 0.273 e. The summed E-state index contributed by atoms with van der Waals surface area (Å²) in [5.41, 5.74) is 1.47. The number of aryl methyl sites for hydroxylation is 1. The average Bonchev–Trinajstić information content (AvgIpc) is 2.16. The van der Waals surface area contributed by atoms with Crippen LogP contribution in [0.5, 0.6) is 0 Å². The van der Waals surface area contributed by atoms with Gasteiger partial charge < -0.3 is 5.11 Å². The zero-order valence-electron chi connectivity index (χ0n) is 9.27. The fourth-order valence-electron chi connectivity index (χ4n) is 2.35. The van der Waals surface area contributed by atoms with Crippen LogP contribution in [0.15, 0.2) is 18.2 Å². The molecule has 1 aliphatic carbocycles. The molecule has 0 radical (unpaired) electrons. The molecule has 0 amide bonds. The van der Waals surface area contributed by atoms with Crippen molar-refractivity contribution in [1.82, 2.24) is 0 Å². The Morgan fingerprint density at radius 1 is 1.50 bits per heavy atom. The van der Waals surface area contributed by atoms with Gasteiger partial charge in [0.2, 0.25) is 0 Å². The molecular weight excluding hydrogens is 206 g/mol. The number of nitro benzene ring substituents is 1. The van der Waals surface area contributed by atoms with Gasteiger partial charge in [-0.3, -0.25) is 10.1 Å². The predicted octanol–water partition coefficient (Wildman–Crippen LogP) is 2.32. The maximum Gasteiger partial charge on any atom is 0.273 e. The Morgan fingerprint density at radius 3 is 2.62 bits per heavy atom. The van der Waals surface area contributed by atoms with Crippen molar-refractivity contribution in [2.24, 2.45) is 0 Å². The Kier molecular flexibility index (Phi) is 2.68. The molecule has 1 N–H and O–H groups in total. The fourth-order valence-corrected chi connectivity index (χ4v) is 2.35. The molecule has 1 fully saturated rings. The molecule has 1 aromatic rings. The topological polar surface area (TPSA) is 63.4 Å². The first-order valence-electron chi connectivity index (χ1n) is 5.45. The molecule has 0 bridgehead atoms. The third-order valence-electron chi connectivity index (χ3n) is 3.53. The maximum absolute atomic E-state index is 11.0. The first-order chi connectivity index (χ1) is 7.59. The average molecular weight is 221 g/mol. The minimum absolute atomic E-state index is 0.00269. The summed E-state index contributed by atoms with van der Waals surface area (Å²) in [6.07, 6.45) is 2.72. The van der Waals surface area contributed by atoms with Gasteiger partial charge in [-0.25, -0.2) is 0 Å². The molecule has 0 atom stereocenters. The number of hydrogen-bond acceptors (Lipinski definition) is 3. The molecule has 1 aliphatic rings. The lowest BCUT2D eigenvalue weighted by molar-refractivity contribution is -0.386. The molecule has 0 heterocycles. The number of nitro groups is 1. The molecule has 4 nitrogen and oxygen atoms in total. The van der Waals surface area contributed by atoms with Crippen LogP contribution >= 0.6 is 0 Å². The van der Waals surface area contributed by atoms with Gasteiger partial charge >= 0.3 is 0 Å². The van der Waals surface area contributed by atoms with Crippen molar-refractivity contribution in [3.63, 3.8) is 0 Å². The third-order valence-corrected chi connectivity index (χ3v) is 3.53. The van der Waals surface area contributed by atoms with Crippen molar-refractivity contribution < 1.29 is 10.0 Å². The van der Waals surface area contributed by atoms with E-state index in [4.69, 9.17) is 0 Å². The third kappa shape index (κ3) is 1.59. The minimum atomic E-state index is -0.367. The number of aliphatic hydroxyl groups is 1. The van der Waals surface area contributed by atoms with Gasteiger partial charge in [-0.1, -0.05) is 18.1 Å². The Bertz CT molecular complexity index is 419. The summed E-state index contributed by atoms with van der Waals surface area (Å²) >= 11 is 0. The molecule has 1 saturated carbocycles. The van der Waals surface area contributed by atoms with E-state index in [1.807, 2.05) is 13.0 Å². The van der Waals surface area contributed by atoms with E-state index in [0.717, 1.165) is 24.8 Å². The van der Waals surface area contributed by atoms with Crippen LogP contribution in [0.3, 0.4) is 0 Å². The summed E-state index contributed by atoms with van der Waals surface area (Å²) in [7, 11) is 0. The molecule has 86 valence electrons. The normalized spacial score (nSPS) is 17.9. The van der Waals surface area contributed by atoms with Crippen LogP contribution < -0.4 is 0 Å². The summed E-state index contributed by atoms with van der Waals surface area (Å²) in [6, 6.07) is 5.12. The van der Waals surface area contributed by atoms with E-state index in [0.29, 0.717) is 5.56 Å². The Hall–Kier alpha value is -1.42. The van der Waals surface area contributed by atoms with Crippen molar-refractivity contribution in [2.75, 3.05) is 6.61 Å². The molecule has 0 unspecified atom stereocenters. The highest BCUT2D eigenvalue weighted by Crippen LogP contribution is 2.46. The summed E-state index contributed by atoms with van der Waals surface area (Å²) in [5, 5.41) is 20.4. The van der Waals surface area contributed by atoms with Crippen LogP contribution in [-0.4, -0.2) is 16.6 Å². The summed E-state index contributed by atoms with van der Waals surface area (Å²) in [6.45, 7) is 1.91. The second-order valence-corrected chi connectivity index (χ2v) is 4.57. The van der Waals surface area contributed by atoms with E-state index in [1.165, 1.54) is 0 Å². The molecule has 1 aromatic carbocycles. The van der Waals surface area contributed by atoms with Crippen LogP contribution in [-0.2, 0) is 5.41 Å². The van der Waals surface area contributed by atoms with E-state index in [9.17, 15) is 15.2 Å². The molecule has 0 aromatic heterocycles. The van der Waals surface area contributed by atoms with Gasteiger partial charge in [-0.2, -0.15) is 0 Å². The molecule has 4 heteroatoms. The largest absolute Gasteiger partial charge is 0.395 e. The van der Waals surface area contributed by atoms with Crippen LogP contribution in [0.4, 0.5) is 5.69 Å². The zero-order valence-corrected chi connectivity index (χ0v) is 9.27. The monoisotopic (exact) mass is 221 g/mol. The molecule has 0 saturated heterocycles. The lowest BCUT2D eigenvalue weighted by atomic mass is 9.64. The van der Waals surface area contributed by atoms with E-state index >= 15 is 0 Å². The van der Waals surface area contributed by atoms with E-state index in [2.05, 4.69) is 0 Å². The van der Waals surface area contributed by atoms with Crippen molar-refractivity contribution in [3.8, 4) is 0 Å². The molecule has 2 rings (SSSR count). The van der Waals surface area contributed by atoms with Gasteiger partial charge in [0.15, 0.2) is 0 Å². The first kappa shape index (κ1) is 11.1. The second kappa shape index (κ2) is 3.87. The van der Waals surface area contributed by atoms with E-state index < -0.39 is 0 Å². The maximum atomic E-state index is 11.0. The summed E-state index contributed by atoms with van der Waals surface area (Å²) in [4.78, 5) is 10.6. The standard InChI is InChI=1S/C12H15NO3/c1-9-3-4-11(13(15)16)10(7-9)12(8-14)5-2-6-12/h3-4,7,14H,2,5-6,8H2,1H3. The van der Waals surface area contributed by atoms with Gasteiger partial charge in [0, 0.05) is 17.0 Å².